The zero-order chi connectivity index (χ0) is 26.7. The van der Waals surface area contributed by atoms with Crippen LogP contribution in [0.5, 0.6) is 11.5 Å². The molecular weight excluding hydrogens is 480 g/mol. The Labute approximate surface area is 226 Å². The second kappa shape index (κ2) is 14.0. The minimum atomic E-state index is -0.440. The largest absolute Gasteiger partial charge is 0.465 e. The van der Waals surface area contributed by atoms with E-state index in [1.807, 2.05) is 54.6 Å². The smallest absolute Gasteiger partial charge is 0.325 e. The molecule has 2 aromatic carbocycles. The molecule has 38 heavy (non-hydrogen) atoms. The fraction of sp³-hybridized carbons (Fsp3) is 0.516. The molecule has 1 saturated carbocycles. The maximum absolute atomic E-state index is 13.2. The van der Waals surface area contributed by atoms with Crippen LogP contribution in [0.15, 0.2) is 54.6 Å². The highest BCUT2D eigenvalue weighted by Crippen LogP contribution is 2.35. The van der Waals surface area contributed by atoms with Crippen LogP contribution < -0.4 is 4.74 Å². The van der Waals surface area contributed by atoms with Crippen LogP contribution in [0, 0.1) is 5.92 Å². The van der Waals surface area contributed by atoms with Gasteiger partial charge < -0.3 is 19.3 Å². The summed E-state index contributed by atoms with van der Waals surface area (Å²) in [4.78, 5) is 42.2. The average Bonchev–Trinajstić information content (AvgIpc) is 2.93. The number of esters is 1. The molecule has 7 nitrogen and oxygen atoms in total. The minimum Gasteiger partial charge on any atom is -0.465 e. The molecule has 1 saturated heterocycles. The van der Waals surface area contributed by atoms with Gasteiger partial charge in [-0.3, -0.25) is 14.4 Å². The van der Waals surface area contributed by atoms with E-state index in [9.17, 15) is 14.4 Å². The van der Waals surface area contributed by atoms with Gasteiger partial charge in [-0.05, 0) is 74.8 Å². The molecule has 2 atom stereocenters. The van der Waals surface area contributed by atoms with Gasteiger partial charge in [-0.1, -0.05) is 43.2 Å². The summed E-state index contributed by atoms with van der Waals surface area (Å²) in [6.45, 7) is 2.98. The highest BCUT2D eigenvalue weighted by Gasteiger charge is 2.35. The Kier molecular flexibility index (Phi) is 10.2. The van der Waals surface area contributed by atoms with Crippen LogP contribution in [0.2, 0.25) is 0 Å². The third-order valence-corrected chi connectivity index (χ3v) is 7.57. The Morgan fingerprint density at radius 1 is 0.921 bits per heavy atom. The average molecular weight is 521 g/mol. The highest BCUT2D eigenvalue weighted by molar-refractivity contribution is 5.83. The molecule has 1 heterocycles. The number of amides is 2. The summed E-state index contributed by atoms with van der Waals surface area (Å²) < 4.78 is 11.0. The number of ether oxygens (including phenoxy) is 2. The Bertz CT molecular complexity index is 1070. The Morgan fingerprint density at radius 3 is 2.50 bits per heavy atom. The van der Waals surface area contributed by atoms with E-state index in [2.05, 4.69) is 4.90 Å². The van der Waals surface area contributed by atoms with Gasteiger partial charge in [0.2, 0.25) is 11.8 Å². The van der Waals surface area contributed by atoms with Crippen molar-refractivity contribution >= 4 is 17.8 Å². The summed E-state index contributed by atoms with van der Waals surface area (Å²) in [7, 11) is 0. The van der Waals surface area contributed by atoms with Gasteiger partial charge in [-0.15, -0.1) is 0 Å². The maximum atomic E-state index is 13.2. The van der Waals surface area contributed by atoms with Gasteiger partial charge in [0, 0.05) is 32.0 Å². The summed E-state index contributed by atoms with van der Waals surface area (Å²) in [5.74, 6) is 1.59. The predicted molar refractivity (Wildman–Crippen MR) is 146 cm³/mol. The lowest BCUT2D eigenvalue weighted by Gasteiger charge is -2.44. The first-order valence-corrected chi connectivity index (χ1v) is 14.1. The number of nitrogens with zero attached hydrogens (tertiary/aromatic N) is 2. The quantitative estimate of drug-likeness (QED) is 0.354. The molecule has 1 aliphatic carbocycles. The van der Waals surface area contributed by atoms with Gasteiger partial charge in [0.05, 0.1) is 6.61 Å². The number of benzene rings is 2. The molecule has 4 rings (SSSR count). The topological polar surface area (TPSA) is 76.1 Å². The van der Waals surface area contributed by atoms with E-state index < -0.39 is 5.97 Å². The van der Waals surface area contributed by atoms with Crippen molar-refractivity contribution in [2.45, 2.75) is 77.3 Å². The molecule has 0 bridgehead atoms. The van der Waals surface area contributed by atoms with Crippen molar-refractivity contribution in [1.29, 1.82) is 0 Å². The van der Waals surface area contributed by atoms with Crippen molar-refractivity contribution in [2.75, 3.05) is 19.7 Å². The van der Waals surface area contributed by atoms with Crippen LogP contribution in [-0.2, 0) is 25.7 Å². The minimum absolute atomic E-state index is 0.125. The monoisotopic (exact) mass is 520 g/mol. The highest BCUT2D eigenvalue weighted by atomic mass is 16.5. The number of hydrogen-bond acceptors (Lipinski definition) is 5. The van der Waals surface area contributed by atoms with Gasteiger partial charge in [-0.25, -0.2) is 0 Å². The number of likely N-dealkylation sites (tertiary alicyclic amines) is 1. The van der Waals surface area contributed by atoms with Crippen LogP contribution in [0.1, 0.15) is 70.3 Å². The SMILES string of the molecule is CCOC(=O)CN(Cc1cccc(Oc2ccccc2)c1)C(=O)CCCC(=O)N1CCCC2CCCCC21. The van der Waals surface area contributed by atoms with E-state index in [4.69, 9.17) is 9.47 Å². The zero-order valence-corrected chi connectivity index (χ0v) is 22.5. The molecule has 2 amide bonds. The summed E-state index contributed by atoms with van der Waals surface area (Å²) in [5, 5.41) is 0. The van der Waals surface area contributed by atoms with Crippen LogP contribution in [0.4, 0.5) is 0 Å². The zero-order valence-electron chi connectivity index (χ0n) is 22.5. The van der Waals surface area contributed by atoms with Crippen LogP contribution >= 0.6 is 0 Å². The molecule has 2 aliphatic rings. The first-order chi connectivity index (χ1) is 18.5. The summed E-state index contributed by atoms with van der Waals surface area (Å²) >= 11 is 0. The molecular formula is C31H40N2O5. The summed E-state index contributed by atoms with van der Waals surface area (Å²) in [6, 6.07) is 17.4. The fourth-order valence-corrected chi connectivity index (χ4v) is 5.77. The molecule has 0 spiro atoms. The normalized spacial score (nSPS) is 18.8. The molecule has 2 fully saturated rings. The Hall–Kier alpha value is -3.35. The van der Waals surface area contributed by atoms with E-state index in [0.717, 1.165) is 30.7 Å². The predicted octanol–water partition coefficient (Wildman–Crippen LogP) is 5.72. The molecule has 1 aliphatic heterocycles. The van der Waals surface area contributed by atoms with Gasteiger partial charge >= 0.3 is 5.97 Å². The lowest BCUT2D eigenvalue weighted by atomic mass is 9.78. The maximum Gasteiger partial charge on any atom is 0.325 e. The molecule has 0 radical (unpaired) electrons. The first kappa shape index (κ1) is 27.7. The van der Waals surface area contributed by atoms with Crippen LogP contribution in [0.25, 0.3) is 0 Å². The summed E-state index contributed by atoms with van der Waals surface area (Å²) in [5.41, 5.74) is 0.851. The van der Waals surface area contributed by atoms with Crippen molar-refractivity contribution in [2.24, 2.45) is 5.92 Å². The van der Waals surface area contributed by atoms with Crippen LogP contribution in [-0.4, -0.2) is 53.3 Å². The van der Waals surface area contributed by atoms with E-state index in [0.29, 0.717) is 30.6 Å². The first-order valence-electron chi connectivity index (χ1n) is 14.1. The van der Waals surface area contributed by atoms with Gasteiger partial charge in [-0.2, -0.15) is 0 Å². The number of carbonyl (C=O) groups excluding carboxylic acids is 3. The third kappa shape index (κ3) is 7.83. The van der Waals surface area contributed by atoms with Gasteiger partial charge in [0.1, 0.15) is 18.0 Å². The van der Waals surface area contributed by atoms with E-state index in [-0.39, 0.29) is 37.9 Å². The fourth-order valence-electron chi connectivity index (χ4n) is 5.77. The lowest BCUT2D eigenvalue weighted by Crippen LogP contribution is -2.49. The lowest BCUT2D eigenvalue weighted by molar-refractivity contribution is -0.149. The molecule has 2 unspecified atom stereocenters. The molecule has 204 valence electrons. The van der Waals surface area contributed by atoms with Crippen molar-refractivity contribution in [1.82, 2.24) is 9.80 Å². The molecule has 0 aromatic heterocycles. The second-order valence-corrected chi connectivity index (χ2v) is 10.3. The van der Waals surface area contributed by atoms with Gasteiger partial charge in [0.25, 0.3) is 0 Å². The van der Waals surface area contributed by atoms with Crippen molar-refractivity contribution in [3.8, 4) is 11.5 Å². The van der Waals surface area contributed by atoms with E-state index in [1.54, 1.807) is 6.92 Å². The number of carbonyl (C=O) groups is 3. The Balaban J connectivity index is 1.34. The molecule has 0 N–H and O–H groups in total. The molecule has 7 heteroatoms. The third-order valence-electron chi connectivity index (χ3n) is 7.57. The number of rotatable bonds is 11. The number of hydrogen-bond donors (Lipinski definition) is 0. The Morgan fingerprint density at radius 2 is 1.68 bits per heavy atom. The van der Waals surface area contributed by atoms with Crippen molar-refractivity contribution in [3.63, 3.8) is 0 Å². The molecule has 2 aromatic rings. The standard InChI is InChI=1S/C31H40N2O5/c1-2-37-31(36)23-32(22-24-11-8-16-27(21-24)38-26-14-4-3-5-15-26)29(34)18-9-19-30(35)33-20-10-13-25-12-6-7-17-28(25)33/h3-5,8,11,14-16,21,25,28H,2,6-7,9-10,12-13,17-20,22-23H2,1H3. The van der Waals surface area contributed by atoms with Crippen molar-refractivity contribution < 1.29 is 23.9 Å². The number of piperidine rings is 1. The number of fused-ring (bicyclic) bond motifs is 1. The van der Waals surface area contributed by atoms with Gasteiger partial charge in [0.15, 0.2) is 0 Å². The summed E-state index contributed by atoms with van der Waals surface area (Å²) in [6.07, 6.45) is 8.17. The van der Waals surface area contributed by atoms with E-state index in [1.165, 1.54) is 30.6 Å². The van der Waals surface area contributed by atoms with E-state index >= 15 is 0 Å². The number of para-hydroxylation sites is 1. The van der Waals surface area contributed by atoms with Crippen LogP contribution in [0.3, 0.4) is 0 Å². The van der Waals surface area contributed by atoms with Crippen molar-refractivity contribution in [3.05, 3.63) is 60.2 Å². The second-order valence-electron chi connectivity index (χ2n) is 10.3.